The Morgan fingerprint density at radius 3 is 2.50 bits per heavy atom. The molecular formula is C22H32FN3O9S. The van der Waals surface area contributed by atoms with E-state index in [9.17, 15) is 35.2 Å². The summed E-state index contributed by atoms with van der Waals surface area (Å²) in [7, 11) is 0. The van der Waals surface area contributed by atoms with Crippen LogP contribution in [0.3, 0.4) is 0 Å². The number of carbonyl (C=O) groups is 2. The number of quaternary nitrogens is 1. The Morgan fingerprint density at radius 1 is 1.31 bits per heavy atom. The van der Waals surface area contributed by atoms with Crippen LogP contribution in [-0.4, -0.2) is 62.0 Å². The lowest BCUT2D eigenvalue weighted by molar-refractivity contribution is -1.14. The molecule has 0 spiro atoms. The lowest BCUT2D eigenvalue weighted by Crippen LogP contribution is -2.80. The number of rotatable bonds is 8. The predicted molar refractivity (Wildman–Crippen MR) is 127 cm³/mol. The minimum Gasteiger partial charge on any atom is -0.598 e. The second kappa shape index (κ2) is 10.8. The quantitative estimate of drug-likeness (QED) is 0.0831. The number of non-ortho nitro benzene ring substituents is 1. The first-order chi connectivity index (χ1) is 16.6. The molecule has 0 radical (unpaired) electrons. The van der Waals surface area contributed by atoms with Crippen LogP contribution in [0.15, 0.2) is 18.2 Å². The van der Waals surface area contributed by atoms with Crippen molar-refractivity contribution in [3.8, 4) is 0 Å². The Balaban J connectivity index is 2.55. The van der Waals surface area contributed by atoms with Crippen molar-refractivity contribution >= 4 is 29.7 Å². The van der Waals surface area contributed by atoms with Gasteiger partial charge in [-0.2, -0.15) is 0 Å². The van der Waals surface area contributed by atoms with Crippen LogP contribution in [0.2, 0.25) is 0 Å². The van der Waals surface area contributed by atoms with Crippen LogP contribution in [0.4, 0.5) is 19.7 Å². The van der Waals surface area contributed by atoms with Crippen molar-refractivity contribution in [3.05, 3.63) is 44.9 Å². The van der Waals surface area contributed by atoms with Crippen LogP contribution in [0.5, 0.6) is 0 Å². The fraction of sp³-hybridized carbons (Fsp3) is 0.636. The number of ether oxygens (including phenoxy) is 2. The highest BCUT2D eigenvalue weighted by molar-refractivity contribution is 8.01. The number of aliphatic hydroxyl groups excluding tert-OH is 1. The number of amides is 1. The monoisotopic (exact) mass is 533 g/mol. The topological polar surface area (TPSA) is 171 Å². The molecule has 3 unspecified atom stereocenters. The summed E-state index contributed by atoms with van der Waals surface area (Å²) in [6, 6.07) is 2.79. The first-order valence-corrected chi connectivity index (χ1v) is 12.2. The summed E-state index contributed by atoms with van der Waals surface area (Å²) in [5, 5.41) is 47.5. The fourth-order valence-electron chi connectivity index (χ4n) is 4.29. The van der Waals surface area contributed by atoms with Crippen molar-refractivity contribution in [1.29, 1.82) is 0 Å². The molecular weight excluding hydrogens is 501 g/mol. The zero-order valence-electron chi connectivity index (χ0n) is 20.8. The van der Waals surface area contributed by atoms with Gasteiger partial charge in [-0.15, -0.1) is 11.8 Å². The van der Waals surface area contributed by atoms with E-state index >= 15 is 4.39 Å². The van der Waals surface area contributed by atoms with Crippen molar-refractivity contribution < 1.29 is 43.5 Å². The van der Waals surface area contributed by atoms with Crippen LogP contribution in [-0.2, 0) is 14.2 Å². The minimum atomic E-state index is -2.06. The van der Waals surface area contributed by atoms with Crippen molar-refractivity contribution in [2.75, 3.05) is 13.2 Å². The predicted octanol–water partition coefficient (Wildman–Crippen LogP) is 4.31. The third kappa shape index (κ3) is 5.13. The van der Waals surface area contributed by atoms with Crippen LogP contribution >= 0.6 is 11.8 Å². The first-order valence-electron chi connectivity index (χ1n) is 11.3. The molecule has 1 aromatic carbocycles. The highest BCUT2D eigenvalue weighted by Crippen LogP contribution is 2.61. The van der Waals surface area contributed by atoms with E-state index < -0.39 is 61.3 Å². The van der Waals surface area contributed by atoms with Crippen LogP contribution < -0.4 is 5.32 Å². The first kappa shape index (κ1) is 29.7. The Kier molecular flexibility index (Phi) is 8.95. The van der Waals surface area contributed by atoms with E-state index in [0.717, 1.165) is 36.4 Å². The molecule has 3 N–H and O–H groups in total. The summed E-state index contributed by atoms with van der Waals surface area (Å²) in [5.41, 5.74) is -4.31. The largest absolute Gasteiger partial charge is 0.598 e. The highest BCUT2D eigenvalue weighted by atomic mass is 32.2. The van der Waals surface area contributed by atoms with E-state index in [0.29, 0.717) is 6.42 Å². The molecule has 1 fully saturated rings. The van der Waals surface area contributed by atoms with E-state index in [1.54, 1.807) is 0 Å². The number of nitrogens with zero attached hydrogens (tertiary/aromatic N) is 2. The number of alkyl carbamates (subject to hydrolysis) is 1. The molecule has 0 aliphatic carbocycles. The molecule has 1 aliphatic rings. The number of benzene rings is 1. The lowest BCUT2D eigenvalue weighted by Gasteiger charge is -2.67. The maximum Gasteiger partial charge on any atom is 0.517 e. The van der Waals surface area contributed by atoms with E-state index in [-0.39, 0.29) is 18.6 Å². The molecule has 1 heterocycles. The molecule has 0 aromatic heterocycles. The van der Waals surface area contributed by atoms with Crippen molar-refractivity contribution in [1.82, 2.24) is 5.32 Å². The summed E-state index contributed by atoms with van der Waals surface area (Å²) in [6.45, 7) is 6.76. The van der Waals surface area contributed by atoms with Gasteiger partial charge in [0, 0.05) is 30.7 Å². The summed E-state index contributed by atoms with van der Waals surface area (Å²) in [4.78, 5) is 32.8. The average molecular weight is 534 g/mol. The van der Waals surface area contributed by atoms with E-state index in [2.05, 4.69) is 10.1 Å². The van der Waals surface area contributed by atoms with Gasteiger partial charge < -0.3 is 25.1 Å². The number of aliphatic hydroxyl groups is 1. The van der Waals surface area contributed by atoms with Crippen molar-refractivity contribution in [2.45, 2.75) is 75.1 Å². The van der Waals surface area contributed by atoms with Crippen molar-refractivity contribution in [3.63, 3.8) is 0 Å². The van der Waals surface area contributed by atoms with Gasteiger partial charge in [0.25, 0.3) is 5.69 Å². The zero-order valence-corrected chi connectivity index (χ0v) is 21.6. The van der Waals surface area contributed by atoms with Gasteiger partial charge in [0.1, 0.15) is 21.5 Å². The SMILES string of the molecule is CCCCOC(=O)OC(=O)NC1S[C@](C)(c2cc([N+](=O)[O-])ccc2F)C(C)(CCO)[N+]([O-])(O)C1(C)C. The van der Waals surface area contributed by atoms with E-state index in [1.807, 2.05) is 6.92 Å². The number of carbonyl (C=O) groups excluding carboxylic acids is 2. The summed E-state index contributed by atoms with van der Waals surface area (Å²) < 4.78 is 22.8. The van der Waals surface area contributed by atoms with Gasteiger partial charge in [-0.05, 0) is 40.2 Å². The average Bonchev–Trinajstić information content (AvgIpc) is 2.77. The zero-order chi connectivity index (χ0) is 27.5. The van der Waals surface area contributed by atoms with Crippen molar-refractivity contribution in [2.24, 2.45) is 0 Å². The molecule has 1 aliphatic heterocycles. The number of hydroxylamine groups is 4. The summed E-state index contributed by atoms with van der Waals surface area (Å²) >= 11 is 0.841. The number of hydrogen-bond acceptors (Lipinski definition) is 10. The number of unbranched alkanes of at least 4 members (excludes halogenated alkanes) is 1. The maximum atomic E-state index is 15.1. The Labute approximate surface area is 212 Å². The van der Waals surface area contributed by atoms with Gasteiger partial charge in [-0.1, -0.05) is 13.3 Å². The Hall–Kier alpha value is -2.52. The Morgan fingerprint density at radius 2 is 1.94 bits per heavy atom. The number of nitro benzene ring substituents is 1. The number of thioether (sulfide) groups is 1. The number of nitrogens with one attached hydrogen (secondary N) is 1. The van der Waals surface area contributed by atoms with Gasteiger partial charge in [0.2, 0.25) is 0 Å². The molecule has 1 saturated heterocycles. The van der Waals surface area contributed by atoms with Crippen LogP contribution in [0, 0.1) is 21.1 Å². The highest BCUT2D eigenvalue weighted by Gasteiger charge is 2.70. The molecule has 202 valence electrons. The molecule has 0 saturated carbocycles. The third-order valence-electron chi connectivity index (χ3n) is 6.89. The second-order valence-electron chi connectivity index (χ2n) is 9.42. The second-order valence-corrected chi connectivity index (χ2v) is 10.9. The van der Waals surface area contributed by atoms with Gasteiger partial charge in [0.15, 0.2) is 5.54 Å². The normalized spacial score (nSPS) is 29.3. The van der Waals surface area contributed by atoms with Gasteiger partial charge in [-0.25, -0.2) is 24.0 Å². The molecule has 14 heteroatoms. The summed E-state index contributed by atoms with van der Waals surface area (Å²) in [6.07, 6.45) is -1.55. The van der Waals surface area contributed by atoms with E-state index in [1.165, 1.54) is 27.7 Å². The smallest absolute Gasteiger partial charge is 0.517 e. The number of halogens is 1. The molecule has 1 aromatic rings. The third-order valence-corrected chi connectivity index (χ3v) is 8.95. The lowest BCUT2D eigenvalue weighted by atomic mass is 9.75. The molecule has 12 nitrogen and oxygen atoms in total. The van der Waals surface area contributed by atoms with Crippen LogP contribution in [0.1, 0.15) is 59.4 Å². The molecule has 36 heavy (non-hydrogen) atoms. The number of nitro groups is 1. The van der Waals surface area contributed by atoms with Gasteiger partial charge >= 0.3 is 12.2 Å². The molecule has 1 amide bonds. The van der Waals surface area contributed by atoms with Crippen LogP contribution in [0.25, 0.3) is 0 Å². The molecule has 0 bridgehead atoms. The fourth-order valence-corrected chi connectivity index (χ4v) is 6.11. The molecule has 4 atom stereocenters. The maximum absolute atomic E-state index is 15.1. The standard InChI is InChI=1S/C22H32FN3O9S/c1-6-7-12-34-19(29)35-18(28)24-17-20(2,3)26(32,33)21(4,10-11-27)22(5,36-17)15-13-14(25(30)31)8-9-16(15)23/h8-9,13,17,27,32H,6-7,10-12H2,1-5H3,(H,24,28)/t17?,21?,22-/m1/s1. The number of hydrogen-bond donors (Lipinski definition) is 3. The molecule has 2 rings (SSSR count). The van der Waals surface area contributed by atoms with E-state index in [4.69, 9.17) is 4.74 Å². The van der Waals surface area contributed by atoms with Gasteiger partial charge in [-0.3, -0.25) is 10.1 Å². The summed E-state index contributed by atoms with van der Waals surface area (Å²) in [5.74, 6) is -0.889. The Bertz CT molecular complexity index is 1010. The van der Waals surface area contributed by atoms with Gasteiger partial charge in [0.05, 0.1) is 11.5 Å². The minimum absolute atomic E-state index is 0.0349.